The van der Waals surface area contributed by atoms with Gasteiger partial charge in [0, 0.05) is 48.7 Å². The number of fused-ring (bicyclic) bond motifs is 5. The van der Waals surface area contributed by atoms with Crippen molar-refractivity contribution in [3.05, 3.63) is 82.0 Å². The van der Waals surface area contributed by atoms with Crippen LogP contribution < -0.4 is 5.56 Å². The molecule has 0 saturated carbocycles. The molecule has 0 bridgehead atoms. The van der Waals surface area contributed by atoms with Crippen LogP contribution in [0.3, 0.4) is 0 Å². The third-order valence-electron chi connectivity index (χ3n) is 7.32. The van der Waals surface area contributed by atoms with E-state index in [2.05, 4.69) is 39.7 Å². The molecular formula is C27H29ClN4O. The lowest BCUT2D eigenvalue weighted by Crippen LogP contribution is -2.39. The molecule has 1 unspecified atom stereocenters. The highest BCUT2D eigenvalue weighted by molar-refractivity contribution is 5.88. The maximum atomic E-state index is 13.0. The molecule has 3 aromatic heterocycles. The van der Waals surface area contributed by atoms with Crippen molar-refractivity contribution in [1.29, 1.82) is 0 Å². The van der Waals surface area contributed by atoms with Gasteiger partial charge in [0.2, 0.25) is 0 Å². The second-order valence-electron chi connectivity index (χ2n) is 9.27. The van der Waals surface area contributed by atoms with Crippen LogP contribution in [0, 0.1) is 6.92 Å². The summed E-state index contributed by atoms with van der Waals surface area (Å²) in [4.78, 5) is 20.1. The number of aryl methyl sites for hydroxylation is 2. The Morgan fingerprint density at radius 2 is 1.91 bits per heavy atom. The zero-order valence-electron chi connectivity index (χ0n) is 19.1. The van der Waals surface area contributed by atoms with E-state index in [1.807, 2.05) is 37.5 Å². The number of piperidine rings is 1. The zero-order valence-corrected chi connectivity index (χ0v) is 19.9. The summed E-state index contributed by atoms with van der Waals surface area (Å²) in [5.74, 6) is 0. The molecule has 0 amide bonds. The summed E-state index contributed by atoms with van der Waals surface area (Å²) in [7, 11) is 2.19. The third kappa shape index (κ3) is 3.60. The Balaban J connectivity index is 0.00000228. The maximum absolute atomic E-state index is 13.0. The lowest BCUT2D eigenvalue weighted by Gasteiger charge is -2.40. The number of rotatable bonds is 2. The molecule has 170 valence electrons. The van der Waals surface area contributed by atoms with Crippen molar-refractivity contribution >= 4 is 23.3 Å². The van der Waals surface area contributed by atoms with Crippen molar-refractivity contribution in [3.8, 4) is 16.9 Å². The van der Waals surface area contributed by atoms with E-state index >= 15 is 0 Å². The van der Waals surface area contributed by atoms with E-state index in [1.165, 1.54) is 48.0 Å². The average Bonchev–Trinajstić information content (AvgIpc) is 3.11. The highest BCUT2D eigenvalue weighted by Crippen LogP contribution is 2.41. The van der Waals surface area contributed by atoms with Gasteiger partial charge in [0.25, 0.3) is 5.56 Å². The van der Waals surface area contributed by atoms with Crippen molar-refractivity contribution in [3.63, 3.8) is 0 Å². The first kappa shape index (κ1) is 21.9. The van der Waals surface area contributed by atoms with E-state index in [0.717, 1.165) is 35.5 Å². The number of hydrogen-bond donors (Lipinski definition) is 0. The first-order valence-corrected chi connectivity index (χ1v) is 11.6. The minimum atomic E-state index is -0.0401. The molecule has 5 nitrogen and oxygen atoms in total. The molecule has 5 heterocycles. The van der Waals surface area contributed by atoms with Gasteiger partial charge in [-0.05, 0) is 68.1 Å². The number of halogens is 1. The Morgan fingerprint density at radius 3 is 2.70 bits per heavy atom. The van der Waals surface area contributed by atoms with Crippen LogP contribution in [0.5, 0.6) is 0 Å². The smallest absolute Gasteiger partial charge is 0.255 e. The Hall–Kier alpha value is -2.89. The Bertz CT molecular complexity index is 1390. The van der Waals surface area contributed by atoms with Gasteiger partial charge in [-0.15, -0.1) is 12.4 Å². The SMILES string of the molecule is Cc1ccc(-c2ccn(-c3ccc4c5c(n(C)c4c3)C3CCCCN3CC5)c(=O)c2)nc1.Cl. The Labute approximate surface area is 200 Å². The van der Waals surface area contributed by atoms with E-state index < -0.39 is 0 Å². The monoisotopic (exact) mass is 460 g/mol. The highest BCUT2D eigenvalue weighted by atomic mass is 35.5. The van der Waals surface area contributed by atoms with Gasteiger partial charge in [-0.1, -0.05) is 18.6 Å². The van der Waals surface area contributed by atoms with Gasteiger partial charge < -0.3 is 4.57 Å². The molecule has 1 aromatic carbocycles. The number of benzene rings is 1. The van der Waals surface area contributed by atoms with Crippen molar-refractivity contribution < 1.29 is 0 Å². The Kier molecular flexibility index (Phi) is 5.63. The van der Waals surface area contributed by atoms with E-state index in [1.54, 1.807) is 10.6 Å². The molecule has 1 atom stereocenters. The van der Waals surface area contributed by atoms with E-state index in [4.69, 9.17) is 0 Å². The van der Waals surface area contributed by atoms with Gasteiger partial charge in [-0.3, -0.25) is 19.2 Å². The predicted molar refractivity (Wildman–Crippen MR) is 136 cm³/mol. The molecule has 33 heavy (non-hydrogen) atoms. The summed E-state index contributed by atoms with van der Waals surface area (Å²) in [5.41, 5.74) is 7.85. The molecule has 2 aliphatic heterocycles. The minimum absolute atomic E-state index is 0. The molecule has 4 aromatic rings. The quantitative estimate of drug-likeness (QED) is 0.412. The summed E-state index contributed by atoms with van der Waals surface area (Å²) in [5, 5.41) is 1.34. The van der Waals surface area contributed by atoms with E-state index in [0.29, 0.717) is 6.04 Å². The van der Waals surface area contributed by atoms with Crippen LogP contribution in [-0.2, 0) is 13.5 Å². The van der Waals surface area contributed by atoms with Crippen LogP contribution in [0.15, 0.2) is 59.7 Å². The third-order valence-corrected chi connectivity index (χ3v) is 7.32. The first-order chi connectivity index (χ1) is 15.6. The zero-order chi connectivity index (χ0) is 21.8. The first-order valence-electron chi connectivity index (χ1n) is 11.6. The molecule has 6 heteroatoms. The average molecular weight is 461 g/mol. The number of aromatic nitrogens is 3. The summed E-state index contributed by atoms with van der Waals surface area (Å²) >= 11 is 0. The summed E-state index contributed by atoms with van der Waals surface area (Å²) < 4.78 is 4.11. The number of nitrogens with zero attached hydrogens (tertiary/aromatic N) is 4. The number of hydrogen-bond acceptors (Lipinski definition) is 3. The molecule has 1 fully saturated rings. The second kappa shape index (κ2) is 8.47. The lowest BCUT2D eigenvalue weighted by molar-refractivity contribution is 0.133. The molecular weight excluding hydrogens is 432 g/mol. The fourth-order valence-electron chi connectivity index (χ4n) is 5.67. The standard InChI is InChI=1S/C27H28N4O.ClH/c1-18-6-9-23(28-17-18)19-10-14-31(26(32)15-19)20-7-8-21-22-11-13-30-12-4-3-5-24(30)27(22)29(2)25(21)16-20;/h6-10,14-17,24H,3-5,11-13H2,1-2H3;1H. The fourth-order valence-corrected chi connectivity index (χ4v) is 5.67. The maximum Gasteiger partial charge on any atom is 0.255 e. The van der Waals surface area contributed by atoms with Crippen molar-refractivity contribution in [2.24, 2.45) is 7.05 Å². The lowest BCUT2D eigenvalue weighted by atomic mass is 9.91. The van der Waals surface area contributed by atoms with Crippen molar-refractivity contribution in [2.75, 3.05) is 13.1 Å². The van der Waals surface area contributed by atoms with Gasteiger partial charge in [-0.2, -0.15) is 0 Å². The van der Waals surface area contributed by atoms with Crippen molar-refractivity contribution in [1.82, 2.24) is 19.0 Å². The van der Waals surface area contributed by atoms with E-state index in [9.17, 15) is 4.79 Å². The van der Waals surface area contributed by atoms with Gasteiger partial charge in [0.05, 0.1) is 22.9 Å². The Morgan fingerprint density at radius 1 is 1.03 bits per heavy atom. The van der Waals surface area contributed by atoms with Gasteiger partial charge in [-0.25, -0.2) is 0 Å². The van der Waals surface area contributed by atoms with Crippen LogP contribution >= 0.6 is 12.4 Å². The largest absolute Gasteiger partial charge is 0.346 e. The van der Waals surface area contributed by atoms with Crippen LogP contribution in [0.25, 0.3) is 27.8 Å². The van der Waals surface area contributed by atoms with E-state index in [-0.39, 0.29) is 18.0 Å². The minimum Gasteiger partial charge on any atom is -0.346 e. The van der Waals surface area contributed by atoms with Gasteiger partial charge in [0.1, 0.15) is 0 Å². The fraction of sp³-hybridized carbons (Fsp3) is 0.333. The van der Waals surface area contributed by atoms with Crippen LogP contribution in [0.2, 0.25) is 0 Å². The topological polar surface area (TPSA) is 43.1 Å². The van der Waals surface area contributed by atoms with Crippen LogP contribution in [0.4, 0.5) is 0 Å². The molecule has 0 radical (unpaired) electrons. The summed E-state index contributed by atoms with van der Waals surface area (Å²) in [6.07, 6.45) is 8.69. The second-order valence-corrected chi connectivity index (χ2v) is 9.27. The van der Waals surface area contributed by atoms with Gasteiger partial charge >= 0.3 is 0 Å². The highest BCUT2D eigenvalue weighted by Gasteiger charge is 2.33. The van der Waals surface area contributed by atoms with Crippen LogP contribution in [-0.4, -0.2) is 32.1 Å². The van der Waals surface area contributed by atoms with Crippen molar-refractivity contribution in [2.45, 2.75) is 38.6 Å². The van der Waals surface area contributed by atoms with Crippen LogP contribution in [0.1, 0.15) is 42.1 Å². The molecule has 0 spiro atoms. The summed E-state index contributed by atoms with van der Waals surface area (Å²) in [6, 6.07) is 14.6. The molecule has 0 N–H and O–H groups in total. The molecule has 6 rings (SSSR count). The molecule has 0 aliphatic carbocycles. The molecule has 1 saturated heterocycles. The predicted octanol–water partition coefficient (Wildman–Crippen LogP) is 5.20. The summed E-state index contributed by atoms with van der Waals surface area (Å²) in [6.45, 7) is 4.39. The van der Waals surface area contributed by atoms with Gasteiger partial charge in [0.15, 0.2) is 0 Å². The number of pyridine rings is 2. The molecule has 2 aliphatic rings. The normalized spacial score (nSPS) is 17.9.